The molecule has 3 N–H and O–H groups in total. The monoisotopic (exact) mass is 338 g/mol. The predicted molar refractivity (Wildman–Crippen MR) is 93.0 cm³/mol. The maximum Gasteiger partial charge on any atom is 0.255 e. The number of rotatable bonds is 3. The van der Waals surface area contributed by atoms with Crippen LogP contribution < -0.4 is 15.8 Å². The average molecular weight is 338 g/mol. The molecule has 0 bridgehead atoms. The minimum absolute atomic E-state index is 0.0493. The van der Waals surface area contributed by atoms with E-state index in [1.165, 1.54) is 12.1 Å². The van der Waals surface area contributed by atoms with Crippen molar-refractivity contribution in [3.63, 3.8) is 0 Å². The molecule has 1 aliphatic heterocycles. The second-order valence-corrected chi connectivity index (χ2v) is 6.57. The third kappa shape index (κ3) is 3.52. The van der Waals surface area contributed by atoms with Crippen LogP contribution in [0.2, 0.25) is 0 Å². The van der Waals surface area contributed by atoms with E-state index in [-0.39, 0.29) is 18.1 Å². The fourth-order valence-electron chi connectivity index (χ4n) is 2.71. The summed E-state index contributed by atoms with van der Waals surface area (Å²) in [7, 11) is 0. The molecule has 0 spiro atoms. The number of hydrogen-bond acceptors (Lipinski definition) is 4. The molecule has 6 heteroatoms. The van der Waals surface area contributed by atoms with E-state index < -0.39 is 11.5 Å². The van der Waals surface area contributed by atoms with E-state index in [0.717, 1.165) is 0 Å². The van der Waals surface area contributed by atoms with E-state index in [2.05, 4.69) is 5.32 Å². The first-order chi connectivity index (χ1) is 11.7. The van der Waals surface area contributed by atoms with E-state index in [0.29, 0.717) is 28.1 Å². The number of ether oxygens (including phenoxy) is 1. The van der Waals surface area contributed by atoms with E-state index in [1.54, 1.807) is 30.3 Å². The van der Waals surface area contributed by atoms with Crippen LogP contribution in [0.1, 0.15) is 51.3 Å². The molecule has 1 heterocycles. The first-order valence-electron chi connectivity index (χ1n) is 7.83. The first-order valence-corrected chi connectivity index (χ1v) is 7.83. The first kappa shape index (κ1) is 16.7. The molecule has 0 unspecified atom stereocenters. The Bertz CT molecular complexity index is 869. The lowest BCUT2D eigenvalue weighted by Crippen LogP contribution is -2.36. The van der Waals surface area contributed by atoms with Gasteiger partial charge in [0.1, 0.15) is 11.4 Å². The fourth-order valence-corrected chi connectivity index (χ4v) is 2.71. The van der Waals surface area contributed by atoms with E-state index in [9.17, 15) is 14.4 Å². The summed E-state index contributed by atoms with van der Waals surface area (Å²) in [6.07, 6.45) is 0.264. The molecule has 2 aromatic rings. The number of Topliss-reactive ketones (excluding diaryl/α,β-unsaturated/α-hetero) is 1. The van der Waals surface area contributed by atoms with Crippen LogP contribution in [0.4, 0.5) is 5.69 Å². The molecule has 0 atom stereocenters. The summed E-state index contributed by atoms with van der Waals surface area (Å²) in [6.45, 7) is 3.70. The Morgan fingerprint density at radius 2 is 1.72 bits per heavy atom. The quantitative estimate of drug-likeness (QED) is 0.899. The Kier molecular flexibility index (Phi) is 4.04. The summed E-state index contributed by atoms with van der Waals surface area (Å²) in [5.41, 5.74) is 6.29. The molecule has 25 heavy (non-hydrogen) atoms. The van der Waals surface area contributed by atoms with Gasteiger partial charge in [-0.1, -0.05) is 0 Å². The van der Waals surface area contributed by atoms with Crippen LogP contribution in [0, 0.1) is 0 Å². The van der Waals surface area contributed by atoms with Crippen molar-refractivity contribution in [2.24, 2.45) is 5.73 Å². The lowest BCUT2D eigenvalue weighted by molar-refractivity contribution is 0.0620. The second kappa shape index (κ2) is 6.05. The molecule has 0 aliphatic carbocycles. The number of hydrogen-bond donors (Lipinski definition) is 2. The lowest BCUT2D eigenvalue weighted by Gasteiger charge is -2.31. The number of primary amides is 1. The maximum absolute atomic E-state index is 12.4. The molecule has 0 saturated heterocycles. The molecular weight excluding hydrogens is 320 g/mol. The van der Waals surface area contributed by atoms with Crippen LogP contribution in [0.5, 0.6) is 5.75 Å². The SMILES string of the molecule is CC1(C)CC(=O)c2cc(C(=O)Nc3ccc(C(N)=O)cc3)ccc2O1. The van der Waals surface area contributed by atoms with Gasteiger partial charge in [-0.05, 0) is 56.3 Å². The summed E-state index contributed by atoms with van der Waals surface area (Å²) in [6, 6.07) is 11.0. The van der Waals surface area contributed by atoms with E-state index >= 15 is 0 Å². The molecule has 3 rings (SSSR count). The van der Waals surface area contributed by atoms with Crippen LogP contribution in [-0.4, -0.2) is 23.2 Å². The van der Waals surface area contributed by atoms with Gasteiger partial charge in [0.25, 0.3) is 5.91 Å². The predicted octanol–water partition coefficient (Wildman–Crippen LogP) is 2.78. The number of fused-ring (bicyclic) bond motifs is 1. The van der Waals surface area contributed by atoms with Crippen molar-refractivity contribution in [2.45, 2.75) is 25.9 Å². The van der Waals surface area contributed by atoms with Gasteiger partial charge in [-0.15, -0.1) is 0 Å². The molecule has 6 nitrogen and oxygen atoms in total. The van der Waals surface area contributed by atoms with Gasteiger partial charge in [-0.2, -0.15) is 0 Å². The fraction of sp³-hybridized carbons (Fsp3) is 0.211. The number of carbonyl (C=O) groups excluding carboxylic acids is 3. The van der Waals surface area contributed by atoms with Crippen LogP contribution >= 0.6 is 0 Å². The number of carbonyl (C=O) groups is 3. The Morgan fingerprint density at radius 3 is 2.36 bits per heavy atom. The number of ketones is 1. The molecule has 2 aromatic carbocycles. The zero-order chi connectivity index (χ0) is 18.2. The normalized spacial score (nSPS) is 15.0. The maximum atomic E-state index is 12.4. The van der Waals surface area contributed by atoms with Gasteiger partial charge in [-0.3, -0.25) is 14.4 Å². The zero-order valence-corrected chi connectivity index (χ0v) is 14.0. The van der Waals surface area contributed by atoms with Gasteiger partial charge in [-0.25, -0.2) is 0 Å². The Balaban J connectivity index is 1.80. The highest BCUT2D eigenvalue weighted by atomic mass is 16.5. The Hall–Kier alpha value is -3.15. The van der Waals surface area contributed by atoms with Gasteiger partial charge in [0, 0.05) is 16.8 Å². The summed E-state index contributed by atoms with van der Waals surface area (Å²) >= 11 is 0. The van der Waals surface area contributed by atoms with Crippen molar-refractivity contribution < 1.29 is 19.1 Å². The second-order valence-electron chi connectivity index (χ2n) is 6.57. The van der Waals surface area contributed by atoms with Gasteiger partial charge in [0.15, 0.2) is 5.78 Å². The Morgan fingerprint density at radius 1 is 1.08 bits per heavy atom. The topological polar surface area (TPSA) is 98.5 Å². The summed E-state index contributed by atoms with van der Waals surface area (Å²) in [4.78, 5) is 35.7. The van der Waals surface area contributed by atoms with Crippen LogP contribution in [0.15, 0.2) is 42.5 Å². The van der Waals surface area contributed by atoms with Crippen molar-refractivity contribution in [1.29, 1.82) is 0 Å². The molecule has 128 valence electrons. The highest BCUT2D eigenvalue weighted by Gasteiger charge is 2.32. The number of amides is 2. The van der Waals surface area contributed by atoms with Crippen LogP contribution in [0.3, 0.4) is 0 Å². The lowest BCUT2D eigenvalue weighted by atomic mass is 9.92. The highest BCUT2D eigenvalue weighted by molar-refractivity contribution is 6.08. The van der Waals surface area contributed by atoms with Crippen molar-refractivity contribution >= 4 is 23.3 Å². The third-order valence-corrected chi connectivity index (χ3v) is 3.94. The number of nitrogens with two attached hydrogens (primary N) is 1. The minimum Gasteiger partial charge on any atom is -0.487 e. The van der Waals surface area contributed by atoms with E-state index in [1.807, 2.05) is 13.8 Å². The van der Waals surface area contributed by atoms with Gasteiger partial charge in [0.2, 0.25) is 5.91 Å². The standard InChI is InChI=1S/C19H18N2O4/c1-19(2)10-15(22)14-9-12(5-8-16(14)25-19)18(24)21-13-6-3-11(4-7-13)17(20)23/h3-9H,10H2,1-2H3,(H2,20,23)(H,21,24). The average Bonchev–Trinajstić information content (AvgIpc) is 2.54. The van der Waals surface area contributed by atoms with Gasteiger partial charge < -0.3 is 15.8 Å². The highest BCUT2D eigenvalue weighted by Crippen LogP contribution is 2.33. The van der Waals surface area contributed by atoms with Crippen LogP contribution in [0.25, 0.3) is 0 Å². The molecule has 2 amide bonds. The zero-order valence-electron chi connectivity index (χ0n) is 14.0. The van der Waals surface area contributed by atoms with Crippen molar-refractivity contribution in [3.8, 4) is 5.75 Å². The molecular formula is C19H18N2O4. The minimum atomic E-state index is -0.546. The van der Waals surface area contributed by atoms with Gasteiger partial charge in [0.05, 0.1) is 12.0 Å². The Labute approximate surface area is 145 Å². The smallest absolute Gasteiger partial charge is 0.255 e. The molecule has 0 fully saturated rings. The molecule has 0 radical (unpaired) electrons. The van der Waals surface area contributed by atoms with Gasteiger partial charge >= 0.3 is 0 Å². The molecule has 0 saturated carbocycles. The largest absolute Gasteiger partial charge is 0.487 e. The van der Waals surface area contributed by atoms with Crippen LogP contribution in [-0.2, 0) is 0 Å². The molecule has 0 aromatic heterocycles. The van der Waals surface area contributed by atoms with Crippen molar-refractivity contribution in [3.05, 3.63) is 59.2 Å². The third-order valence-electron chi connectivity index (χ3n) is 3.94. The van der Waals surface area contributed by atoms with E-state index in [4.69, 9.17) is 10.5 Å². The summed E-state index contributed by atoms with van der Waals surface area (Å²) < 4.78 is 5.78. The van der Waals surface area contributed by atoms with Crippen molar-refractivity contribution in [1.82, 2.24) is 0 Å². The molecule has 1 aliphatic rings. The number of anilines is 1. The van der Waals surface area contributed by atoms with Crippen molar-refractivity contribution in [2.75, 3.05) is 5.32 Å². The number of nitrogens with one attached hydrogen (secondary N) is 1. The summed E-state index contributed by atoms with van der Waals surface area (Å²) in [5.74, 6) is -0.448. The summed E-state index contributed by atoms with van der Waals surface area (Å²) in [5, 5.41) is 2.72. The number of benzene rings is 2.